The summed E-state index contributed by atoms with van der Waals surface area (Å²) in [6.45, 7) is 5.56. The second-order valence-corrected chi connectivity index (χ2v) is 5.31. The van der Waals surface area contributed by atoms with Gasteiger partial charge >= 0.3 is 0 Å². The summed E-state index contributed by atoms with van der Waals surface area (Å²) in [6, 6.07) is 7.37. The van der Waals surface area contributed by atoms with E-state index in [0.717, 1.165) is 11.6 Å². The Morgan fingerprint density at radius 2 is 2.24 bits per heavy atom. The Labute approximate surface area is 109 Å². The third-order valence-electron chi connectivity index (χ3n) is 3.77. The highest BCUT2D eigenvalue weighted by molar-refractivity contribution is 6.31. The van der Waals surface area contributed by atoms with Gasteiger partial charge in [-0.2, -0.15) is 0 Å². The van der Waals surface area contributed by atoms with E-state index in [2.05, 4.69) is 42.3 Å². The minimum Gasteiger partial charge on any atom is -0.369 e. The molecule has 17 heavy (non-hydrogen) atoms. The largest absolute Gasteiger partial charge is 0.369 e. The summed E-state index contributed by atoms with van der Waals surface area (Å²) in [5, 5.41) is 4.09. The van der Waals surface area contributed by atoms with Gasteiger partial charge in [-0.25, -0.2) is 0 Å². The van der Waals surface area contributed by atoms with E-state index in [1.807, 2.05) is 7.05 Å². The van der Waals surface area contributed by atoms with Crippen molar-refractivity contribution < 1.29 is 0 Å². The molecule has 1 heterocycles. The Morgan fingerprint density at radius 1 is 1.47 bits per heavy atom. The van der Waals surface area contributed by atoms with E-state index in [1.165, 1.54) is 24.1 Å². The number of nitrogens with zero attached hydrogens (tertiary/aromatic N) is 1. The first-order valence-corrected chi connectivity index (χ1v) is 6.74. The molecule has 3 heteroatoms. The molecule has 0 spiro atoms. The predicted molar refractivity (Wildman–Crippen MR) is 75.0 cm³/mol. The number of hydrogen-bond acceptors (Lipinski definition) is 2. The molecule has 0 aliphatic carbocycles. The van der Waals surface area contributed by atoms with E-state index >= 15 is 0 Å². The van der Waals surface area contributed by atoms with Crippen molar-refractivity contribution >= 4 is 17.3 Å². The first-order chi connectivity index (χ1) is 8.13. The van der Waals surface area contributed by atoms with Gasteiger partial charge in [0.1, 0.15) is 0 Å². The highest BCUT2D eigenvalue weighted by atomic mass is 35.5. The maximum absolute atomic E-state index is 6.36. The maximum Gasteiger partial charge on any atom is 0.0474 e. The fourth-order valence-corrected chi connectivity index (χ4v) is 2.86. The number of halogens is 1. The predicted octanol–water partition coefficient (Wildman–Crippen LogP) is 3.61. The lowest BCUT2D eigenvalue weighted by atomic mass is 10.1. The Bertz CT molecular complexity index is 392. The van der Waals surface area contributed by atoms with E-state index in [1.54, 1.807) is 0 Å². The van der Waals surface area contributed by atoms with Gasteiger partial charge < -0.3 is 10.2 Å². The summed E-state index contributed by atoms with van der Waals surface area (Å²) in [6.07, 6.45) is 2.57. The van der Waals surface area contributed by atoms with E-state index in [9.17, 15) is 0 Å². The lowest BCUT2D eigenvalue weighted by Gasteiger charge is -2.25. The Balaban J connectivity index is 2.24. The SMILES string of the molecule is CNC(C)c1ccc(N2CCCC2C)cc1Cl. The van der Waals surface area contributed by atoms with Crippen molar-refractivity contribution in [2.45, 2.75) is 38.8 Å². The molecule has 1 aliphatic rings. The molecule has 1 aliphatic heterocycles. The first-order valence-electron chi connectivity index (χ1n) is 6.37. The quantitative estimate of drug-likeness (QED) is 0.884. The molecule has 0 aromatic heterocycles. The fraction of sp³-hybridized carbons (Fsp3) is 0.571. The monoisotopic (exact) mass is 252 g/mol. The van der Waals surface area contributed by atoms with Gasteiger partial charge in [0.15, 0.2) is 0 Å². The van der Waals surface area contributed by atoms with Crippen LogP contribution in [0.5, 0.6) is 0 Å². The van der Waals surface area contributed by atoms with Crippen LogP contribution in [0.1, 0.15) is 38.3 Å². The molecular weight excluding hydrogens is 232 g/mol. The fourth-order valence-electron chi connectivity index (χ4n) is 2.52. The molecule has 2 atom stereocenters. The number of anilines is 1. The van der Waals surface area contributed by atoms with E-state index in [4.69, 9.17) is 11.6 Å². The molecule has 1 saturated heterocycles. The number of hydrogen-bond donors (Lipinski definition) is 1. The summed E-state index contributed by atoms with van der Waals surface area (Å²) < 4.78 is 0. The third kappa shape index (κ3) is 2.58. The third-order valence-corrected chi connectivity index (χ3v) is 4.10. The highest BCUT2D eigenvalue weighted by Gasteiger charge is 2.21. The smallest absolute Gasteiger partial charge is 0.0474 e. The van der Waals surface area contributed by atoms with Gasteiger partial charge in [-0.05, 0) is 51.4 Å². The maximum atomic E-state index is 6.36. The molecule has 1 N–H and O–H groups in total. The summed E-state index contributed by atoms with van der Waals surface area (Å²) in [7, 11) is 1.96. The van der Waals surface area contributed by atoms with Crippen LogP contribution in [0.25, 0.3) is 0 Å². The topological polar surface area (TPSA) is 15.3 Å². The van der Waals surface area contributed by atoms with Crippen molar-refractivity contribution in [1.82, 2.24) is 5.32 Å². The zero-order valence-corrected chi connectivity index (χ0v) is 11.6. The molecule has 2 unspecified atom stereocenters. The zero-order chi connectivity index (χ0) is 12.4. The van der Waals surface area contributed by atoms with Crippen LogP contribution in [-0.4, -0.2) is 19.6 Å². The van der Waals surface area contributed by atoms with Crippen LogP contribution < -0.4 is 10.2 Å². The van der Waals surface area contributed by atoms with Crippen molar-refractivity contribution in [3.05, 3.63) is 28.8 Å². The van der Waals surface area contributed by atoms with Crippen molar-refractivity contribution in [3.63, 3.8) is 0 Å². The van der Waals surface area contributed by atoms with Crippen LogP contribution in [0.4, 0.5) is 5.69 Å². The van der Waals surface area contributed by atoms with Crippen molar-refractivity contribution in [3.8, 4) is 0 Å². The highest BCUT2D eigenvalue weighted by Crippen LogP contribution is 2.31. The van der Waals surface area contributed by atoms with Crippen LogP contribution >= 0.6 is 11.6 Å². The van der Waals surface area contributed by atoms with Gasteiger partial charge in [0.25, 0.3) is 0 Å². The Morgan fingerprint density at radius 3 is 2.76 bits per heavy atom. The molecule has 0 amide bonds. The number of nitrogens with one attached hydrogen (secondary N) is 1. The van der Waals surface area contributed by atoms with E-state index in [0.29, 0.717) is 12.1 Å². The lowest BCUT2D eigenvalue weighted by molar-refractivity contribution is 0.652. The van der Waals surface area contributed by atoms with Gasteiger partial charge in [-0.3, -0.25) is 0 Å². The van der Waals surface area contributed by atoms with Gasteiger partial charge in [-0.1, -0.05) is 17.7 Å². The van der Waals surface area contributed by atoms with Crippen LogP contribution in [0, 0.1) is 0 Å². The molecule has 1 aromatic rings. The molecule has 1 aromatic carbocycles. The van der Waals surface area contributed by atoms with Crippen LogP contribution in [0.2, 0.25) is 5.02 Å². The summed E-state index contributed by atoms with van der Waals surface area (Å²) >= 11 is 6.36. The van der Waals surface area contributed by atoms with E-state index < -0.39 is 0 Å². The van der Waals surface area contributed by atoms with Gasteiger partial charge in [-0.15, -0.1) is 0 Å². The van der Waals surface area contributed by atoms with E-state index in [-0.39, 0.29) is 0 Å². The molecule has 0 saturated carbocycles. The first kappa shape index (κ1) is 12.7. The number of rotatable bonds is 3. The minimum absolute atomic E-state index is 0.299. The standard InChI is InChI=1S/C14H21ClN2/c1-10-5-4-8-17(10)12-6-7-13(11(2)16-3)14(15)9-12/h6-7,9-11,16H,4-5,8H2,1-3H3. The van der Waals surface area contributed by atoms with Crippen molar-refractivity contribution in [1.29, 1.82) is 0 Å². The molecule has 2 rings (SSSR count). The van der Waals surface area contributed by atoms with Crippen LogP contribution in [0.3, 0.4) is 0 Å². The minimum atomic E-state index is 0.299. The molecule has 2 nitrogen and oxygen atoms in total. The average molecular weight is 253 g/mol. The molecule has 1 fully saturated rings. The molecule has 0 radical (unpaired) electrons. The summed E-state index contributed by atoms with van der Waals surface area (Å²) in [5.41, 5.74) is 2.43. The lowest BCUT2D eigenvalue weighted by Crippen LogP contribution is -2.26. The van der Waals surface area contributed by atoms with Crippen LogP contribution in [0.15, 0.2) is 18.2 Å². The Kier molecular flexibility index (Phi) is 3.95. The van der Waals surface area contributed by atoms with Crippen LogP contribution in [-0.2, 0) is 0 Å². The van der Waals surface area contributed by atoms with Crippen molar-refractivity contribution in [2.75, 3.05) is 18.5 Å². The van der Waals surface area contributed by atoms with Gasteiger partial charge in [0, 0.05) is 29.3 Å². The molecule has 94 valence electrons. The second-order valence-electron chi connectivity index (χ2n) is 4.90. The Hall–Kier alpha value is -0.730. The summed E-state index contributed by atoms with van der Waals surface area (Å²) in [5.74, 6) is 0. The number of benzene rings is 1. The molecular formula is C14H21ClN2. The van der Waals surface area contributed by atoms with Crippen molar-refractivity contribution in [2.24, 2.45) is 0 Å². The van der Waals surface area contributed by atoms with Gasteiger partial charge in [0.2, 0.25) is 0 Å². The normalized spacial score (nSPS) is 21.9. The van der Waals surface area contributed by atoms with Gasteiger partial charge in [0.05, 0.1) is 0 Å². The zero-order valence-electron chi connectivity index (χ0n) is 10.8. The second kappa shape index (κ2) is 5.28. The summed E-state index contributed by atoms with van der Waals surface area (Å²) in [4.78, 5) is 2.44. The molecule has 0 bridgehead atoms. The average Bonchev–Trinajstić information content (AvgIpc) is 2.74.